The lowest BCUT2D eigenvalue weighted by atomic mass is 10.1. The number of carbonyl (C=O) groups excluding carboxylic acids is 1. The quantitative estimate of drug-likeness (QED) is 0.744. The number of rotatable bonds is 4. The molecule has 28 heavy (non-hydrogen) atoms. The molecule has 0 bridgehead atoms. The lowest BCUT2D eigenvalue weighted by Crippen LogP contribution is -2.22. The summed E-state index contributed by atoms with van der Waals surface area (Å²) in [7, 11) is 0. The molecule has 142 valence electrons. The number of hydrogen-bond acceptors (Lipinski definition) is 7. The highest BCUT2D eigenvalue weighted by atomic mass is 16.7. The molecule has 3 heterocycles. The van der Waals surface area contributed by atoms with E-state index in [-0.39, 0.29) is 19.2 Å². The molecular weight excluding hydrogens is 364 g/mol. The standard InChI is InChI=1S/C20H16N2O6/c23-20(13-2-4-16-19(8-13)27-11-26-16)21-10-14-9-17(28-22-14)12-1-3-15-18(7-12)25-6-5-24-15/h1-4,7-9H,5-6,10-11H2,(H,21,23). The first-order chi connectivity index (χ1) is 13.8. The van der Waals surface area contributed by atoms with Gasteiger partial charge in [-0.05, 0) is 36.4 Å². The van der Waals surface area contributed by atoms with Gasteiger partial charge in [-0.25, -0.2) is 0 Å². The molecule has 1 aromatic heterocycles. The third-order valence-corrected chi connectivity index (χ3v) is 4.45. The highest BCUT2D eigenvalue weighted by Gasteiger charge is 2.17. The second-order valence-electron chi connectivity index (χ2n) is 6.29. The second kappa shape index (κ2) is 6.80. The van der Waals surface area contributed by atoms with Crippen LogP contribution in [-0.2, 0) is 6.54 Å². The zero-order valence-electron chi connectivity index (χ0n) is 14.8. The first-order valence-electron chi connectivity index (χ1n) is 8.80. The Bertz CT molecular complexity index is 1040. The van der Waals surface area contributed by atoms with Crippen molar-refractivity contribution in [3.8, 4) is 34.3 Å². The molecule has 0 fully saturated rings. The van der Waals surface area contributed by atoms with Crippen molar-refractivity contribution in [1.29, 1.82) is 0 Å². The average molecular weight is 380 g/mol. The van der Waals surface area contributed by atoms with E-state index >= 15 is 0 Å². The molecule has 8 heteroatoms. The predicted molar refractivity (Wildman–Crippen MR) is 96.7 cm³/mol. The van der Waals surface area contributed by atoms with Gasteiger partial charge in [-0.2, -0.15) is 0 Å². The predicted octanol–water partition coefficient (Wildman–Crippen LogP) is 2.77. The van der Waals surface area contributed by atoms with Crippen LogP contribution in [0.1, 0.15) is 16.1 Å². The van der Waals surface area contributed by atoms with Crippen LogP contribution >= 0.6 is 0 Å². The van der Waals surface area contributed by atoms with Gasteiger partial charge < -0.3 is 28.8 Å². The third-order valence-electron chi connectivity index (χ3n) is 4.45. The monoisotopic (exact) mass is 380 g/mol. The van der Waals surface area contributed by atoms with E-state index in [1.165, 1.54) is 0 Å². The van der Waals surface area contributed by atoms with Gasteiger partial charge in [0.15, 0.2) is 28.8 Å². The molecule has 8 nitrogen and oxygen atoms in total. The van der Waals surface area contributed by atoms with E-state index in [9.17, 15) is 4.79 Å². The van der Waals surface area contributed by atoms with Gasteiger partial charge in [0.05, 0.1) is 6.54 Å². The number of nitrogens with one attached hydrogen (secondary N) is 1. The molecule has 2 aliphatic rings. The zero-order chi connectivity index (χ0) is 18.9. The smallest absolute Gasteiger partial charge is 0.251 e. The number of hydrogen-bond donors (Lipinski definition) is 1. The molecule has 0 aliphatic carbocycles. The van der Waals surface area contributed by atoms with Crippen LogP contribution in [0.5, 0.6) is 23.0 Å². The number of benzene rings is 2. The van der Waals surface area contributed by atoms with Gasteiger partial charge in [0.25, 0.3) is 5.91 Å². The Hall–Kier alpha value is -3.68. The summed E-state index contributed by atoms with van der Waals surface area (Å²) in [5.41, 5.74) is 1.92. The Morgan fingerprint density at radius 1 is 0.893 bits per heavy atom. The molecule has 1 N–H and O–H groups in total. The van der Waals surface area contributed by atoms with Crippen LogP contribution < -0.4 is 24.3 Å². The minimum atomic E-state index is -0.234. The lowest BCUT2D eigenvalue weighted by molar-refractivity contribution is 0.0949. The Kier molecular flexibility index (Phi) is 4.01. The van der Waals surface area contributed by atoms with Gasteiger partial charge in [-0.3, -0.25) is 4.79 Å². The maximum absolute atomic E-state index is 12.4. The van der Waals surface area contributed by atoms with E-state index in [0.717, 1.165) is 5.56 Å². The van der Waals surface area contributed by atoms with Crippen LogP contribution in [0.25, 0.3) is 11.3 Å². The molecule has 3 aromatic rings. The summed E-state index contributed by atoms with van der Waals surface area (Å²) in [4.78, 5) is 12.4. The van der Waals surface area contributed by atoms with Crippen LogP contribution in [0.3, 0.4) is 0 Å². The molecule has 2 aliphatic heterocycles. The number of carbonyl (C=O) groups is 1. The summed E-state index contributed by atoms with van der Waals surface area (Å²) in [6.45, 7) is 1.47. The Balaban J connectivity index is 1.26. The minimum absolute atomic E-state index is 0.169. The van der Waals surface area contributed by atoms with Crippen LogP contribution in [0.4, 0.5) is 0 Å². The first-order valence-corrected chi connectivity index (χ1v) is 8.80. The van der Waals surface area contributed by atoms with Crippen molar-refractivity contribution >= 4 is 5.91 Å². The molecule has 0 atom stereocenters. The second-order valence-corrected chi connectivity index (χ2v) is 6.29. The molecule has 2 aromatic carbocycles. The fraction of sp³-hybridized carbons (Fsp3) is 0.200. The van der Waals surface area contributed by atoms with Crippen molar-refractivity contribution in [3.05, 3.63) is 53.7 Å². The summed E-state index contributed by atoms with van der Waals surface area (Å²) in [6.07, 6.45) is 0. The van der Waals surface area contributed by atoms with Crippen LogP contribution in [0.2, 0.25) is 0 Å². The summed E-state index contributed by atoms with van der Waals surface area (Å²) in [5.74, 6) is 2.95. The molecule has 5 rings (SSSR count). The van der Waals surface area contributed by atoms with Gasteiger partial charge in [-0.1, -0.05) is 5.16 Å². The van der Waals surface area contributed by atoms with Crippen molar-refractivity contribution in [2.45, 2.75) is 6.54 Å². The summed E-state index contributed by atoms with van der Waals surface area (Å²) < 4.78 is 27.1. The maximum atomic E-state index is 12.4. The van der Waals surface area contributed by atoms with E-state index in [2.05, 4.69) is 10.5 Å². The Morgan fingerprint density at radius 2 is 1.64 bits per heavy atom. The largest absolute Gasteiger partial charge is 0.486 e. The van der Waals surface area contributed by atoms with E-state index in [1.807, 2.05) is 18.2 Å². The zero-order valence-corrected chi connectivity index (χ0v) is 14.8. The van der Waals surface area contributed by atoms with Crippen LogP contribution in [0, 0.1) is 0 Å². The van der Waals surface area contributed by atoms with E-state index in [1.54, 1.807) is 24.3 Å². The third kappa shape index (κ3) is 3.09. The van der Waals surface area contributed by atoms with Gasteiger partial charge in [0.1, 0.15) is 18.9 Å². The number of nitrogens with zero attached hydrogens (tertiary/aromatic N) is 1. The number of fused-ring (bicyclic) bond motifs is 2. The molecule has 0 saturated carbocycles. The summed E-state index contributed by atoms with van der Waals surface area (Å²) in [6, 6.07) is 12.4. The van der Waals surface area contributed by atoms with Crippen LogP contribution in [0.15, 0.2) is 47.0 Å². The van der Waals surface area contributed by atoms with E-state index in [0.29, 0.717) is 53.2 Å². The summed E-state index contributed by atoms with van der Waals surface area (Å²) in [5, 5.41) is 6.84. The van der Waals surface area contributed by atoms with Crippen molar-refractivity contribution < 1.29 is 28.3 Å². The highest BCUT2D eigenvalue weighted by Crippen LogP contribution is 2.35. The molecule has 0 spiro atoms. The van der Waals surface area contributed by atoms with E-state index in [4.69, 9.17) is 23.5 Å². The Labute approximate surface area is 159 Å². The first kappa shape index (κ1) is 16.5. The fourth-order valence-corrected chi connectivity index (χ4v) is 3.04. The number of ether oxygens (including phenoxy) is 4. The molecule has 0 saturated heterocycles. The molecule has 0 radical (unpaired) electrons. The van der Waals surface area contributed by atoms with Crippen molar-refractivity contribution in [2.24, 2.45) is 0 Å². The van der Waals surface area contributed by atoms with Gasteiger partial charge >= 0.3 is 0 Å². The van der Waals surface area contributed by atoms with Gasteiger partial charge in [0.2, 0.25) is 6.79 Å². The molecular formula is C20H16N2O6. The van der Waals surface area contributed by atoms with E-state index < -0.39 is 0 Å². The van der Waals surface area contributed by atoms with Crippen molar-refractivity contribution in [1.82, 2.24) is 10.5 Å². The normalized spacial score (nSPS) is 14.0. The number of aromatic nitrogens is 1. The lowest BCUT2D eigenvalue weighted by Gasteiger charge is -2.18. The summed E-state index contributed by atoms with van der Waals surface area (Å²) >= 11 is 0. The van der Waals surface area contributed by atoms with Gasteiger partial charge in [-0.15, -0.1) is 0 Å². The molecule has 1 amide bonds. The van der Waals surface area contributed by atoms with Crippen LogP contribution in [-0.4, -0.2) is 31.1 Å². The number of amides is 1. The Morgan fingerprint density at radius 3 is 2.57 bits per heavy atom. The maximum Gasteiger partial charge on any atom is 0.251 e. The fourth-order valence-electron chi connectivity index (χ4n) is 3.04. The highest BCUT2D eigenvalue weighted by molar-refractivity contribution is 5.94. The minimum Gasteiger partial charge on any atom is -0.486 e. The van der Waals surface area contributed by atoms with Crippen molar-refractivity contribution in [2.75, 3.05) is 20.0 Å². The topological polar surface area (TPSA) is 92.1 Å². The molecule has 0 unspecified atom stereocenters. The van der Waals surface area contributed by atoms with Crippen molar-refractivity contribution in [3.63, 3.8) is 0 Å². The van der Waals surface area contributed by atoms with Gasteiger partial charge in [0, 0.05) is 17.2 Å². The average Bonchev–Trinajstić information content (AvgIpc) is 3.40. The SMILES string of the molecule is O=C(NCc1cc(-c2ccc3c(c2)OCCO3)on1)c1ccc2c(c1)OCO2.